The lowest BCUT2D eigenvalue weighted by Gasteiger charge is -2.34. The molecular formula is C14H20N2O2. The summed E-state index contributed by atoms with van der Waals surface area (Å²) >= 11 is 0. The highest BCUT2D eigenvalue weighted by molar-refractivity contribution is 5.83. The number of ether oxygens (including phenoxy) is 1. The van der Waals surface area contributed by atoms with Gasteiger partial charge in [-0.05, 0) is 26.0 Å². The highest BCUT2D eigenvalue weighted by atomic mass is 16.5. The smallest absolute Gasteiger partial charge is 0.241 e. The zero-order chi connectivity index (χ0) is 13.1. The second kappa shape index (κ2) is 5.29. The van der Waals surface area contributed by atoms with Gasteiger partial charge in [-0.3, -0.25) is 4.79 Å². The summed E-state index contributed by atoms with van der Waals surface area (Å²) in [7, 11) is 1.84. The summed E-state index contributed by atoms with van der Waals surface area (Å²) in [5, 5.41) is 0. The number of benzene rings is 1. The minimum atomic E-state index is 0.134. The van der Waals surface area contributed by atoms with Crippen LogP contribution in [0.25, 0.3) is 0 Å². The van der Waals surface area contributed by atoms with Gasteiger partial charge in [0, 0.05) is 20.1 Å². The van der Waals surface area contributed by atoms with Crippen LogP contribution in [0.15, 0.2) is 24.3 Å². The van der Waals surface area contributed by atoms with Crippen molar-refractivity contribution < 1.29 is 9.53 Å². The molecule has 1 aromatic rings. The fourth-order valence-electron chi connectivity index (χ4n) is 2.04. The van der Waals surface area contributed by atoms with Gasteiger partial charge in [0.15, 0.2) is 0 Å². The van der Waals surface area contributed by atoms with Gasteiger partial charge in [-0.15, -0.1) is 0 Å². The molecule has 4 nitrogen and oxygen atoms in total. The molecule has 1 amide bonds. The van der Waals surface area contributed by atoms with Gasteiger partial charge in [0.2, 0.25) is 5.91 Å². The Balaban J connectivity index is 2.20. The van der Waals surface area contributed by atoms with Crippen molar-refractivity contribution in [2.75, 3.05) is 31.6 Å². The summed E-state index contributed by atoms with van der Waals surface area (Å²) in [6, 6.07) is 7.90. The van der Waals surface area contributed by atoms with Gasteiger partial charge < -0.3 is 14.5 Å². The summed E-state index contributed by atoms with van der Waals surface area (Å²) < 4.78 is 5.79. The van der Waals surface area contributed by atoms with E-state index in [0.717, 1.165) is 24.5 Å². The maximum Gasteiger partial charge on any atom is 0.241 e. The first-order valence-electron chi connectivity index (χ1n) is 6.32. The maximum absolute atomic E-state index is 11.8. The Morgan fingerprint density at radius 2 is 1.94 bits per heavy atom. The summed E-state index contributed by atoms with van der Waals surface area (Å²) in [6.07, 6.45) is 0.134. The molecule has 0 aromatic heterocycles. The van der Waals surface area contributed by atoms with E-state index >= 15 is 0 Å². The highest BCUT2D eigenvalue weighted by Gasteiger charge is 2.23. The van der Waals surface area contributed by atoms with Crippen LogP contribution in [-0.2, 0) is 4.79 Å². The first kappa shape index (κ1) is 12.7. The molecule has 1 aliphatic rings. The fourth-order valence-corrected chi connectivity index (χ4v) is 2.04. The molecule has 1 aliphatic heterocycles. The zero-order valence-electron chi connectivity index (χ0n) is 11.2. The zero-order valence-corrected chi connectivity index (χ0v) is 11.2. The van der Waals surface area contributed by atoms with Crippen LogP contribution in [-0.4, -0.2) is 43.6 Å². The molecule has 0 unspecified atom stereocenters. The van der Waals surface area contributed by atoms with Crippen molar-refractivity contribution in [1.29, 1.82) is 0 Å². The van der Waals surface area contributed by atoms with Crippen molar-refractivity contribution in [2.45, 2.75) is 20.0 Å². The third-order valence-electron chi connectivity index (χ3n) is 3.03. The van der Waals surface area contributed by atoms with Crippen molar-refractivity contribution in [3.63, 3.8) is 0 Å². The predicted molar refractivity (Wildman–Crippen MR) is 72.1 cm³/mol. The predicted octanol–water partition coefficient (Wildman–Crippen LogP) is 1.75. The molecule has 1 saturated heterocycles. The number of piperazine rings is 1. The van der Waals surface area contributed by atoms with Gasteiger partial charge in [0.05, 0.1) is 18.3 Å². The summed E-state index contributed by atoms with van der Waals surface area (Å²) in [6.45, 7) is 6.04. The second-order valence-electron chi connectivity index (χ2n) is 4.87. The molecule has 0 bridgehead atoms. The van der Waals surface area contributed by atoms with Crippen molar-refractivity contribution in [2.24, 2.45) is 0 Å². The van der Waals surface area contributed by atoms with E-state index in [9.17, 15) is 4.79 Å². The van der Waals surface area contributed by atoms with Gasteiger partial charge >= 0.3 is 0 Å². The molecule has 18 heavy (non-hydrogen) atoms. The first-order chi connectivity index (χ1) is 8.58. The molecule has 4 heteroatoms. The SMILES string of the molecule is CC(C)Oc1ccccc1N1CCN(C)C(=O)C1. The van der Waals surface area contributed by atoms with Crippen LogP contribution in [0.2, 0.25) is 0 Å². The van der Waals surface area contributed by atoms with E-state index < -0.39 is 0 Å². The molecule has 0 saturated carbocycles. The number of likely N-dealkylation sites (N-methyl/N-ethyl adjacent to an activating group) is 1. The number of rotatable bonds is 3. The van der Waals surface area contributed by atoms with Gasteiger partial charge in [0.25, 0.3) is 0 Å². The molecule has 1 fully saturated rings. The number of anilines is 1. The largest absolute Gasteiger partial charge is 0.489 e. The summed E-state index contributed by atoms with van der Waals surface area (Å²) in [5.74, 6) is 1.01. The topological polar surface area (TPSA) is 32.8 Å². The lowest BCUT2D eigenvalue weighted by molar-refractivity contribution is -0.129. The Labute approximate surface area is 108 Å². The van der Waals surface area contributed by atoms with Crippen LogP contribution in [0.1, 0.15) is 13.8 Å². The Bertz CT molecular complexity index is 432. The minimum Gasteiger partial charge on any atom is -0.489 e. The molecule has 0 aliphatic carbocycles. The van der Waals surface area contributed by atoms with Crippen LogP contribution >= 0.6 is 0 Å². The third-order valence-corrected chi connectivity index (χ3v) is 3.03. The lowest BCUT2D eigenvalue weighted by atomic mass is 10.2. The van der Waals surface area contributed by atoms with Gasteiger partial charge in [-0.25, -0.2) is 0 Å². The average Bonchev–Trinajstić information content (AvgIpc) is 2.33. The van der Waals surface area contributed by atoms with Gasteiger partial charge in [-0.1, -0.05) is 12.1 Å². The number of amides is 1. The molecule has 2 rings (SSSR count). The Morgan fingerprint density at radius 3 is 2.61 bits per heavy atom. The van der Waals surface area contributed by atoms with Gasteiger partial charge in [-0.2, -0.15) is 0 Å². The van der Waals surface area contributed by atoms with Crippen molar-refractivity contribution in [1.82, 2.24) is 4.90 Å². The quantitative estimate of drug-likeness (QED) is 0.817. The first-order valence-corrected chi connectivity index (χ1v) is 6.32. The van der Waals surface area contributed by atoms with Crippen LogP contribution in [0.3, 0.4) is 0 Å². The molecular weight excluding hydrogens is 228 g/mol. The van der Waals surface area contributed by atoms with E-state index in [2.05, 4.69) is 4.90 Å². The maximum atomic E-state index is 11.8. The van der Waals surface area contributed by atoms with Crippen LogP contribution < -0.4 is 9.64 Å². The Hall–Kier alpha value is -1.71. The highest BCUT2D eigenvalue weighted by Crippen LogP contribution is 2.29. The summed E-state index contributed by atoms with van der Waals surface area (Å²) in [5.41, 5.74) is 1.01. The molecule has 0 N–H and O–H groups in total. The summed E-state index contributed by atoms with van der Waals surface area (Å²) in [4.78, 5) is 15.6. The Morgan fingerprint density at radius 1 is 1.22 bits per heavy atom. The van der Waals surface area contributed by atoms with Crippen LogP contribution in [0.4, 0.5) is 5.69 Å². The van der Waals surface area contributed by atoms with Crippen molar-refractivity contribution >= 4 is 11.6 Å². The number of carbonyl (C=O) groups excluding carboxylic acids is 1. The molecule has 0 spiro atoms. The lowest BCUT2D eigenvalue weighted by Crippen LogP contribution is -2.48. The normalized spacial score (nSPS) is 16.3. The number of para-hydroxylation sites is 2. The van der Waals surface area contributed by atoms with E-state index in [1.807, 2.05) is 45.2 Å². The third kappa shape index (κ3) is 2.75. The average molecular weight is 248 g/mol. The van der Waals surface area contributed by atoms with Gasteiger partial charge in [0.1, 0.15) is 5.75 Å². The number of carbonyl (C=O) groups is 1. The molecule has 98 valence electrons. The fraction of sp³-hybridized carbons (Fsp3) is 0.500. The molecule has 0 atom stereocenters. The van der Waals surface area contributed by atoms with E-state index in [0.29, 0.717) is 6.54 Å². The van der Waals surface area contributed by atoms with Crippen molar-refractivity contribution in [3.05, 3.63) is 24.3 Å². The molecule has 1 heterocycles. The monoisotopic (exact) mass is 248 g/mol. The Kier molecular flexibility index (Phi) is 3.75. The van der Waals surface area contributed by atoms with E-state index in [4.69, 9.17) is 4.74 Å². The number of nitrogens with zero attached hydrogens (tertiary/aromatic N) is 2. The van der Waals surface area contributed by atoms with E-state index in [1.54, 1.807) is 4.90 Å². The van der Waals surface area contributed by atoms with Crippen LogP contribution in [0, 0.1) is 0 Å². The van der Waals surface area contributed by atoms with Crippen molar-refractivity contribution in [3.8, 4) is 5.75 Å². The molecule has 0 radical (unpaired) electrons. The second-order valence-corrected chi connectivity index (χ2v) is 4.87. The van der Waals surface area contributed by atoms with Crippen LogP contribution in [0.5, 0.6) is 5.75 Å². The minimum absolute atomic E-state index is 0.134. The number of hydrogen-bond acceptors (Lipinski definition) is 3. The standard InChI is InChI=1S/C14H20N2O2/c1-11(2)18-13-7-5-4-6-12(13)16-9-8-15(3)14(17)10-16/h4-7,11H,8-10H2,1-3H3. The van der Waals surface area contributed by atoms with E-state index in [1.165, 1.54) is 0 Å². The molecule has 1 aromatic carbocycles. The van der Waals surface area contributed by atoms with E-state index in [-0.39, 0.29) is 12.0 Å². The number of hydrogen-bond donors (Lipinski definition) is 0.